The van der Waals surface area contributed by atoms with Crippen molar-refractivity contribution in [3.05, 3.63) is 41.5 Å². The number of hydrogen-bond acceptors (Lipinski definition) is 6. The van der Waals surface area contributed by atoms with E-state index < -0.39 is 5.97 Å². The fraction of sp³-hybridized carbons (Fsp3) is 0.429. The van der Waals surface area contributed by atoms with E-state index in [4.69, 9.17) is 4.74 Å². The Balaban J connectivity index is 1.95. The summed E-state index contributed by atoms with van der Waals surface area (Å²) in [6.45, 7) is 1.47. The van der Waals surface area contributed by atoms with E-state index in [0.29, 0.717) is 12.2 Å². The minimum absolute atomic E-state index is 0.0887. The summed E-state index contributed by atoms with van der Waals surface area (Å²) in [6.07, 6.45) is 5.54. The average Bonchev–Trinajstić information content (AvgIpc) is 3.16. The zero-order chi connectivity index (χ0) is 14.7. The third kappa shape index (κ3) is 2.78. The van der Waals surface area contributed by atoms with Crippen LogP contribution < -0.4 is 5.32 Å². The van der Waals surface area contributed by atoms with Crippen LogP contribution in [0.3, 0.4) is 0 Å². The first-order chi connectivity index (χ1) is 10.3. The summed E-state index contributed by atoms with van der Waals surface area (Å²) in [4.78, 5) is 16.0. The molecule has 0 bridgehead atoms. The smallest absolute Gasteiger partial charge is 0.360 e. The van der Waals surface area contributed by atoms with E-state index in [-0.39, 0.29) is 6.04 Å². The number of rotatable bonds is 4. The molecule has 0 aliphatic carbocycles. The van der Waals surface area contributed by atoms with E-state index >= 15 is 0 Å². The van der Waals surface area contributed by atoms with Gasteiger partial charge in [-0.15, -0.1) is 5.10 Å². The molecule has 7 nitrogen and oxygen atoms in total. The molecule has 1 fully saturated rings. The molecular weight excluding hydrogens is 270 g/mol. The summed E-state index contributed by atoms with van der Waals surface area (Å²) in [5.74, 6) is -0.448. The number of hydrogen-bond donors (Lipinski definition) is 1. The Morgan fingerprint density at radius 3 is 3.14 bits per heavy atom. The van der Waals surface area contributed by atoms with Crippen molar-refractivity contribution in [2.24, 2.45) is 0 Å². The Morgan fingerprint density at radius 1 is 1.57 bits per heavy atom. The number of aromatic nitrogens is 4. The molecule has 1 aliphatic heterocycles. The second kappa shape index (κ2) is 6.01. The Labute approximate surface area is 122 Å². The maximum atomic E-state index is 11.9. The Bertz CT molecular complexity index is 620. The van der Waals surface area contributed by atoms with E-state index in [1.165, 1.54) is 7.11 Å². The van der Waals surface area contributed by atoms with Crippen molar-refractivity contribution in [2.45, 2.75) is 25.4 Å². The normalized spacial score (nSPS) is 17.9. The Morgan fingerprint density at radius 2 is 2.48 bits per heavy atom. The standard InChI is InChI=1S/C14H17N5O2/c1-21-14(20)12-13(11-5-3-7-16-11)19(18-17-12)9-10-4-2-6-15-8-10/h2,4,6,8,11,16H,3,5,7,9H2,1H3. The number of methoxy groups -OCH3 is 1. The quantitative estimate of drug-likeness (QED) is 0.843. The highest BCUT2D eigenvalue weighted by Gasteiger charge is 2.29. The Hall–Kier alpha value is -2.28. The molecule has 0 amide bonds. The van der Waals surface area contributed by atoms with Gasteiger partial charge in [0.2, 0.25) is 0 Å². The fourth-order valence-corrected chi connectivity index (χ4v) is 2.61. The molecule has 0 aromatic carbocycles. The number of esters is 1. The fourth-order valence-electron chi connectivity index (χ4n) is 2.61. The lowest BCUT2D eigenvalue weighted by Crippen LogP contribution is -2.21. The van der Waals surface area contributed by atoms with Crippen molar-refractivity contribution in [1.82, 2.24) is 25.3 Å². The third-order valence-electron chi connectivity index (χ3n) is 3.60. The monoisotopic (exact) mass is 287 g/mol. The van der Waals surface area contributed by atoms with E-state index in [0.717, 1.165) is 30.6 Å². The van der Waals surface area contributed by atoms with Crippen LogP contribution in [0.15, 0.2) is 24.5 Å². The van der Waals surface area contributed by atoms with Crippen molar-refractivity contribution in [1.29, 1.82) is 0 Å². The second-order valence-corrected chi connectivity index (χ2v) is 4.98. The van der Waals surface area contributed by atoms with Gasteiger partial charge >= 0.3 is 5.97 Å². The first kappa shape index (κ1) is 13.7. The van der Waals surface area contributed by atoms with Crippen molar-refractivity contribution < 1.29 is 9.53 Å². The summed E-state index contributed by atoms with van der Waals surface area (Å²) in [6, 6.07) is 3.94. The van der Waals surface area contributed by atoms with Gasteiger partial charge in [0.15, 0.2) is 5.69 Å². The van der Waals surface area contributed by atoms with Gasteiger partial charge in [-0.2, -0.15) is 0 Å². The third-order valence-corrected chi connectivity index (χ3v) is 3.60. The zero-order valence-electron chi connectivity index (χ0n) is 11.8. The number of carbonyl (C=O) groups is 1. The zero-order valence-corrected chi connectivity index (χ0v) is 11.8. The summed E-state index contributed by atoms with van der Waals surface area (Å²) >= 11 is 0. The van der Waals surface area contributed by atoms with Crippen molar-refractivity contribution in [2.75, 3.05) is 13.7 Å². The summed E-state index contributed by atoms with van der Waals surface area (Å²) < 4.78 is 6.56. The number of ether oxygens (including phenoxy) is 1. The molecule has 3 rings (SSSR count). The van der Waals surface area contributed by atoms with Gasteiger partial charge in [-0.1, -0.05) is 11.3 Å². The Kier molecular flexibility index (Phi) is 3.92. The second-order valence-electron chi connectivity index (χ2n) is 4.98. The van der Waals surface area contributed by atoms with Crippen LogP contribution in [-0.4, -0.2) is 39.6 Å². The lowest BCUT2D eigenvalue weighted by Gasteiger charge is -2.13. The van der Waals surface area contributed by atoms with Crippen molar-refractivity contribution >= 4 is 5.97 Å². The average molecular weight is 287 g/mol. The summed E-state index contributed by atoms with van der Waals surface area (Å²) in [5, 5.41) is 11.5. The van der Waals surface area contributed by atoms with E-state index in [1.54, 1.807) is 17.1 Å². The highest BCUT2D eigenvalue weighted by molar-refractivity contribution is 5.88. The number of nitrogens with zero attached hydrogens (tertiary/aromatic N) is 4. The van der Waals surface area contributed by atoms with Crippen LogP contribution in [0.2, 0.25) is 0 Å². The molecule has 1 N–H and O–H groups in total. The molecule has 2 aromatic rings. The molecule has 0 spiro atoms. The molecular formula is C14H17N5O2. The molecule has 1 saturated heterocycles. The molecule has 21 heavy (non-hydrogen) atoms. The van der Waals surface area contributed by atoms with Gasteiger partial charge in [-0.25, -0.2) is 9.48 Å². The van der Waals surface area contributed by atoms with Gasteiger partial charge in [-0.05, 0) is 31.0 Å². The highest BCUT2D eigenvalue weighted by atomic mass is 16.5. The highest BCUT2D eigenvalue weighted by Crippen LogP contribution is 2.26. The van der Waals surface area contributed by atoms with Crippen LogP contribution in [-0.2, 0) is 11.3 Å². The maximum Gasteiger partial charge on any atom is 0.360 e. The van der Waals surface area contributed by atoms with E-state index in [2.05, 4.69) is 20.6 Å². The van der Waals surface area contributed by atoms with Crippen LogP contribution >= 0.6 is 0 Å². The number of carbonyl (C=O) groups excluding carboxylic acids is 1. The lowest BCUT2D eigenvalue weighted by molar-refractivity contribution is 0.0591. The molecule has 110 valence electrons. The van der Waals surface area contributed by atoms with Crippen LogP contribution in [0.25, 0.3) is 0 Å². The van der Waals surface area contributed by atoms with Gasteiger partial charge in [0.25, 0.3) is 0 Å². The largest absolute Gasteiger partial charge is 0.464 e. The minimum atomic E-state index is -0.448. The van der Waals surface area contributed by atoms with Crippen LogP contribution in [0, 0.1) is 0 Å². The topological polar surface area (TPSA) is 81.9 Å². The summed E-state index contributed by atoms with van der Waals surface area (Å²) in [7, 11) is 1.36. The van der Waals surface area contributed by atoms with E-state index in [9.17, 15) is 4.79 Å². The van der Waals surface area contributed by atoms with Gasteiger partial charge in [-0.3, -0.25) is 4.98 Å². The minimum Gasteiger partial charge on any atom is -0.464 e. The first-order valence-electron chi connectivity index (χ1n) is 6.93. The van der Waals surface area contributed by atoms with Gasteiger partial charge in [0, 0.05) is 12.4 Å². The van der Waals surface area contributed by atoms with Crippen LogP contribution in [0.5, 0.6) is 0 Å². The molecule has 3 heterocycles. The van der Waals surface area contributed by atoms with Crippen LogP contribution in [0.4, 0.5) is 0 Å². The SMILES string of the molecule is COC(=O)c1nnn(Cc2cccnc2)c1C1CCCN1. The summed E-state index contributed by atoms with van der Waals surface area (Å²) in [5.41, 5.74) is 2.10. The van der Waals surface area contributed by atoms with Crippen molar-refractivity contribution in [3.63, 3.8) is 0 Å². The maximum absolute atomic E-state index is 11.9. The van der Waals surface area contributed by atoms with Crippen LogP contribution in [0.1, 0.15) is 40.6 Å². The molecule has 1 unspecified atom stereocenters. The molecule has 0 radical (unpaired) electrons. The molecule has 0 saturated carbocycles. The molecule has 1 atom stereocenters. The molecule has 2 aromatic heterocycles. The molecule has 1 aliphatic rings. The lowest BCUT2D eigenvalue weighted by atomic mass is 10.1. The van der Waals surface area contributed by atoms with Gasteiger partial charge in [0.05, 0.1) is 25.4 Å². The molecule has 7 heteroatoms. The van der Waals surface area contributed by atoms with Crippen molar-refractivity contribution in [3.8, 4) is 0 Å². The number of pyridine rings is 1. The number of nitrogens with one attached hydrogen (secondary N) is 1. The predicted octanol–water partition coefficient (Wildman–Crippen LogP) is 0.932. The van der Waals surface area contributed by atoms with Gasteiger partial charge in [0.1, 0.15) is 0 Å². The predicted molar refractivity (Wildman–Crippen MR) is 74.7 cm³/mol. The van der Waals surface area contributed by atoms with Gasteiger partial charge < -0.3 is 10.1 Å². The first-order valence-corrected chi connectivity index (χ1v) is 6.93. The van der Waals surface area contributed by atoms with E-state index in [1.807, 2.05) is 12.1 Å².